The first-order valence-corrected chi connectivity index (χ1v) is 6.83. The lowest BCUT2D eigenvalue weighted by Crippen LogP contribution is -2.42. The molecule has 108 valence electrons. The number of aliphatic hydroxyl groups is 1. The average Bonchev–Trinajstić information content (AvgIpc) is 2.23. The third kappa shape index (κ3) is 5.62. The van der Waals surface area contributed by atoms with E-state index < -0.39 is 6.10 Å². The average molecular weight is 265 g/mol. The number of aryl methyl sites for hydroxylation is 3. The lowest BCUT2D eigenvalue weighted by Gasteiger charge is -2.23. The molecule has 0 amide bonds. The van der Waals surface area contributed by atoms with Gasteiger partial charge in [-0.1, -0.05) is 17.7 Å². The number of nitrogens with one attached hydrogen (secondary N) is 1. The van der Waals surface area contributed by atoms with Crippen molar-refractivity contribution in [1.29, 1.82) is 0 Å². The number of aliphatic hydroxyl groups excluding tert-OH is 1. The van der Waals surface area contributed by atoms with Gasteiger partial charge in [-0.15, -0.1) is 0 Å². The monoisotopic (exact) mass is 265 g/mol. The van der Waals surface area contributed by atoms with Crippen molar-refractivity contribution >= 4 is 0 Å². The topological polar surface area (TPSA) is 41.5 Å². The molecule has 3 heteroatoms. The minimum absolute atomic E-state index is 0.0106. The highest BCUT2D eigenvalue weighted by molar-refractivity contribution is 5.42. The second kappa shape index (κ2) is 6.40. The van der Waals surface area contributed by atoms with Crippen molar-refractivity contribution in [3.63, 3.8) is 0 Å². The smallest absolute Gasteiger partial charge is 0.125 e. The van der Waals surface area contributed by atoms with Crippen LogP contribution in [0.5, 0.6) is 5.75 Å². The van der Waals surface area contributed by atoms with Crippen molar-refractivity contribution in [3.8, 4) is 5.75 Å². The molecule has 0 unspecified atom stereocenters. The van der Waals surface area contributed by atoms with Gasteiger partial charge < -0.3 is 15.2 Å². The summed E-state index contributed by atoms with van der Waals surface area (Å²) in [5, 5.41) is 13.2. The van der Waals surface area contributed by atoms with Crippen LogP contribution in [0.25, 0.3) is 0 Å². The summed E-state index contributed by atoms with van der Waals surface area (Å²) in [5.74, 6) is 0.889. The van der Waals surface area contributed by atoms with Gasteiger partial charge in [-0.05, 0) is 52.7 Å². The SMILES string of the molecule is Cc1cc(C)c(OC[C@H](O)CNC(C)(C)C)c(C)c1. The molecule has 0 saturated carbocycles. The summed E-state index contributed by atoms with van der Waals surface area (Å²) < 4.78 is 5.76. The van der Waals surface area contributed by atoms with Crippen LogP contribution in [0.3, 0.4) is 0 Å². The molecule has 0 spiro atoms. The fraction of sp³-hybridized carbons (Fsp3) is 0.625. The highest BCUT2D eigenvalue weighted by Gasteiger charge is 2.13. The second-order valence-corrected chi connectivity index (χ2v) is 6.32. The number of β-amino-alcohol motifs (C(OH)–C–C–N with tert-alkyl or cyclic N) is 1. The van der Waals surface area contributed by atoms with E-state index in [0.717, 1.165) is 16.9 Å². The summed E-state index contributed by atoms with van der Waals surface area (Å²) in [7, 11) is 0. The zero-order chi connectivity index (χ0) is 14.6. The molecule has 2 N–H and O–H groups in total. The molecule has 0 bridgehead atoms. The fourth-order valence-corrected chi connectivity index (χ4v) is 2.06. The molecule has 0 saturated heterocycles. The number of benzene rings is 1. The number of ether oxygens (including phenoxy) is 1. The van der Waals surface area contributed by atoms with Crippen LogP contribution in [0.2, 0.25) is 0 Å². The predicted octanol–water partition coefficient (Wildman–Crippen LogP) is 2.74. The van der Waals surface area contributed by atoms with Gasteiger partial charge in [0.15, 0.2) is 0 Å². The Morgan fingerprint density at radius 1 is 1.16 bits per heavy atom. The third-order valence-electron chi connectivity index (χ3n) is 2.89. The van der Waals surface area contributed by atoms with Gasteiger partial charge in [-0.3, -0.25) is 0 Å². The molecule has 0 aliphatic heterocycles. The summed E-state index contributed by atoms with van der Waals surface area (Å²) >= 11 is 0. The van der Waals surface area contributed by atoms with E-state index in [0.29, 0.717) is 13.2 Å². The molecule has 0 heterocycles. The predicted molar refractivity (Wildman–Crippen MR) is 79.9 cm³/mol. The van der Waals surface area contributed by atoms with Crippen LogP contribution in [-0.4, -0.2) is 29.9 Å². The molecular weight excluding hydrogens is 238 g/mol. The van der Waals surface area contributed by atoms with Gasteiger partial charge in [-0.2, -0.15) is 0 Å². The summed E-state index contributed by atoms with van der Waals surface area (Å²) in [6, 6.07) is 4.20. The first-order valence-electron chi connectivity index (χ1n) is 6.83. The summed E-state index contributed by atoms with van der Waals surface area (Å²) in [6.45, 7) is 13.2. The lowest BCUT2D eigenvalue weighted by atomic mass is 10.1. The highest BCUT2D eigenvalue weighted by atomic mass is 16.5. The maximum absolute atomic E-state index is 9.92. The van der Waals surface area contributed by atoms with Crippen molar-refractivity contribution in [2.45, 2.75) is 53.2 Å². The Hall–Kier alpha value is -1.06. The first-order chi connectivity index (χ1) is 8.69. The fourth-order valence-electron chi connectivity index (χ4n) is 2.06. The minimum Gasteiger partial charge on any atom is -0.490 e. The molecule has 0 aliphatic carbocycles. The maximum atomic E-state index is 9.92. The second-order valence-electron chi connectivity index (χ2n) is 6.32. The maximum Gasteiger partial charge on any atom is 0.125 e. The number of rotatable bonds is 5. The van der Waals surface area contributed by atoms with E-state index in [1.165, 1.54) is 5.56 Å². The van der Waals surface area contributed by atoms with Crippen molar-refractivity contribution in [3.05, 3.63) is 28.8 Å². The molecule has 3 nitrogen and oxygen atoms in total. The molecule has 19 heavy (non-hydrogen) atoms. The molecule has 1 aromatic carbocycles. The van der Waals surface area contributed by atoms with Gasteiger partial charge in [0.1, 0.15) is 18.5 Å². The van der Waals surface area contributed by atoms with E-state index in [1.807, 2.05) is 13.8 Å². The van der Waals surface area contributed by atoms with Crippen LogP contribution in [0.15, 0.2) is 12.1 Å². The standard InChI is InChI=1S/C16H27NO2/c1-11-7-12(2)15(13(3)8-11)19-10-14(18)9-17-16(4,5)6/h7-8,14,17-18H,9-10H2,1-6H3/t14-/m1/s1. The Balaban J connectivity index is 2.53. The van der Waals surface area contributed by atoms with Crippen LogP contribution in [-0.2, 0) is 0 Å². The highest BCUT2D eigenvalue weighted by Crippen LogP contribution is 2.24. The van der Waals surface area contributed by atoms with E-state index in [9.17, 15) is 5.11 Å². The normalized spacial score (nSPS) is 13.4. The third-order valence-corrected chi connectivity index (χ3v) is 2.89. The Kier molecular flexibility index (Phi) is 5.39. The van der Waals surface area contributed by atoms with Gasteiger partial charge >= 0.3 is 0 Å². The van der Waals surface area contributed by atoms with Crippen LogP contribution in [0.1, 0.15) is 37.5 Å². The molecule has 0 aliphatic rings. The summed E-state index contributed by atoms with van der Waals surface area (Å²) in [5.41, 5.74) is 3.48. The van der Waals surface area contributed by atoms with Crippen molar-refractivity contribution < 1.29 is 9.84 Å². The number of hydrogen-bond acceptors (Lipinski definition) is 3. The molecule has 0 fully saturated rings. The van der Waals surface area contributed by atoms with Gasteiger partial charge in [0.25, 0.3) is 0 Å². The van der Waals surface area contributed by atoms with Gasteiger partial charge in [0, 0.05) is 12.1 Å². The van der Waals surface area contributed by atoms with Crippen molar-refractivity contribution in [2.75, 3.05) is 13.2 Å². The molecule has 1 rings (SSSR count). The Bertz CT molecular complexity index is 398. The molecule has 0 radical (unpaired) electrons. The van der Waals surface area contributed by atoms with Crippen LogP contribution < -0.4 is 10.1 Å². The van der Waals surface area contributed by atoms with Gasteiger partial charge in [0.2, 0.25) is 0 Å². The Morgan fingerprint density at radius 3 is 2.16 bits per heavy atom. The molecule has 1 aromatic rings. The first kappa shape index (κ1) is 16.0. The summed E-state index contributed by atoms with van der Waals surface area (Å²) in [4.78, 5) is 0. The zero-order valence-electron chi connectivity index (χ0n) is 13.0. The molecule has 0 aromatic heterocycles. The van der Waals surface area contributed by atoms with Crippen molar-refractivity contribution in [2.24, 2.45) is 0 Å². The van der Waals surface area contributed by atoms with Crippen LogP contribution in [0, 0.1) is 20.8 Å². The van der Waals surface area contributed by atoms with E-state index in [2.05, 4.69) is 45.1 Å². The Morgan fingerprint density at radius 2 is 1.68 bits per heavy atom. The van der Waals surface area contributed by atoms with E-state index in [1.54, 1.807) is 0 Å². The largest absolute Gasteiger partial charge is 0.490 e. The summed E-state index contributed by atoms with van der Waals surface area (Å²) in [6.07, 6.45) is -0.501. The van der Waals surface area contributed by atoms with E-state index in [-0.39, 0.29) is 5.54 Å². The Labute approximate surface area is 117 Å². The van der Waals surface area contributed by atoms with Gasteiger partial charge in [-0.25, -0.2) is 0 Å². The van der Waals surface area contributed by atoms with Crippen LogP contribution in [0.4, 0.5) is 0 Å². The number of hydrogen-bond donors (Lipinski definition) is 2. The molecule has 1 atom stereocenters. The zero-order valence-corrected chi connectivity index (χ0v) is 13.0. The van der Waals surface area contributed by atoms with E-state index >= 15 is 0 Å². The van der Waals surface area contributed by atoms with Crippen LogP contribution >= 0.6 is 0 Å². The lowest BCUT2D eigenvalue weighted by molar-refractivity contribution is 0.0994. The molecular formula is C16H27NO2. The quantitative estimate of drug-likeness (QED) is 0.860. The van der Waals surface area contributed by atoms with Gasteiger partial charge in [0.05, 0.1) is 0 Å². The minimum atomic E-state index is -0.501. The van der Waals surface area contributed by atoms with E-state index in [4.69, 9.17) is 4.74 Å². The van der Waals surface area contributed by atoms with Crippen molar-refractivity contribution in [1.82, 2.24) is 5.32 Å².